The molecule has 29 heavy (non-hydrogen) atoms. The Balaban J connectivity index is 1.46. The van der Waals surface area contributed by atoms with Crippen LogP contribution in [-0.4, -0.2) is 30.5 Å². The molecule has 2 heterocycles. The number of hydrogen-bond acceptors (Lipinski definition) is 6. The third kappa shape index (κ3) is 3.63. The molecule has 2 aliphatic rings. The molecule has 0 saturated heterocycles. The number of amides is 1. The van der Waals surface area contributed by atoms with Crippen molar-refractivity contribution < 1.29 is 17.7 Å². The van der Waals surface area contributed by atoms with Gasteiger partial charge in [-0.2, -0.15) is 0 Å². The zero-order chi connectivity index (χ0) is 20.2. The molecule has 0 radical (unpaired) electrons. The molecule has 0 spiro atoms. The van der Waals surface area contributed by atoms with Gasteiger partial charge in [0.15, 0.2) is 0 Å². The molecule has 2 aromatic heterocycles. The average Bonchev–Trinajstić information content (AvgIpc) is 3.61. The van der Waals surface area contributed by atoms with Crippen molar-refractivity contribution in [3.05, 3.63) is 47.3 Å². The van der Waals surface area contributed by atoms with E-state index < -0.39 is 10.0 Å². The highest BCUT2D eigenvalue weighted by atomic mass is 32.2. The first-order chi connectivity index (χ1) is 13.9. The van der Waals surface area contributed by atoms with E-state index in [0.717, 1.165) is 31.4 Å². The molecule has 5 rings (SSSR count). The molecule has 2 fully saturated rings. The normalized spacial score (nSPS) is 16.9. The first-order valence-corrected chi connectivity index (χ1v) is 11.1. The van der Waals surface area contributed by atoms with Crippen molar-refractivity contribution in [2.45, 2.75) is 49.5 Å². The summed E-state index contributed by atoms with van der Waals surface area (Å²) < 4.78 is 32.8. The molecule has 0 bridgehead atoms. The van der Waals surface area contributed by atoms with Gasteiger partial charge in [0.2, 0.25) is 10.0 Å². The predicted octanol–water partition coefficient (Wildman–Crippen LogP) is 3.10. The predicted molar refractivity (Wildman–Crippen MR) is 106 cm³/mol. The van der Waals surface area contributed by atoms with Gasteiger partial charge in [0.05, 0.1) is 21.5 Å². The van der Waals surface area contributed by atoms with Gasteiger partial charge in [0.25, 0.3) is 11.6 Å². The zero-order valence-electron chi connectivity index (χ0n) is 15.8. The fourth-order valence-corrected chi connectivity index (χ4v) is 4.66. The van der Waals surface area contributed by atoms with Gasteiger partial charge in [-0.25, -0.2) is 18.1 Å². The zero-order valence-corrected chi connectivity index (χ0v) is 16.6. The number of nitrogens with one attached hydrogen (secondary N) is 2. The highest BCUT2D eigenvalue weighted by molar-refractivity contribution is 7.89. The molecule has 0 aliphatic heterocycles. The fraction of sp³-hybridized carbons (Fsp3) is 0.350. The molecule has 1 amide bonds. The highest BCUT2D eigenvalue weighted by Crippen LogP contribution is 2.40. The molecule has 3 aromatic rings. The van der Waals surface area contributed by atoms with E-state index in [0.29, 0.717) is 34.0 Å². The summed E-state index contributed by atoms with van der Waals surface area (Å²) in [6.45, 7) is 1.76. The lowest BCUT2D eigenvalue weighted by atomic mass is 10.1. The fourth-order valence-electron chi connectivity index (χ4n) is 3.31. The van der Waals surface area contributed by atoms with Crippen molar-refractivity contribution in [3.8, 4) is 0 Å². The molecule has 0 atom stereocenters. The smallest absolute Gasteiger partial charge is 0.259 e. The number of aromatic nitrogens is 2. The van der Waals surface area contributed by atoms with Crippen LogP contribution in [0.25, 0.3) is 11.1 Å². The van der Waals surface area contributed by atoms with Gasteiger partial charge in [-0.05, 0) is 56.9 Å². The third-order valence-corrected chi connectivity index (χ3v) is 6.70. The number of carbonyl (C=O) groups excluding carboxylic acids is 1. The first-order valence-electron chi connectivity index (χ1n) is 9.61. The van der Waals surface area contributed by atoms with E-state index >= 15 is 0 Å². The maximum Gasteiger partial charge on any atom is 0.259 e. The molecule has 2 aliphatic carbocycles. The van der Waals surface area contributed by atoms with E-state index in [9.17, 15) is 13.2 Å². The van der Waals surface area contributed by atoms with Crippen molar-refractivity contribution in [1.29, 1.82) is 0 Å². The topological polar surface area (TPSA) is 114 Å². The Bertz CT molecular complexity index is 1230. The van der Waals surface area contributed by atoms with Crippen molar-refractivity contribution >= 4 is 32.7 Å². The number of fused-ring (bicyclic) bond motifs is 1. The molecule has 9 heteroatoms. The molecular formula is C20H20N4O4S. The number of benzene rings is 1. The third-order valence-electron chi connectivity index (χ3n) is 5.18. The second-order valence-electron chi connectivity index (χ2n) is 7.69. The van der Waals surface area contributed by atoms with E-state index in [4.69, 9.17) is 4.52 Å². The minimum Gasteiger partial charge on any atom is -0.336 e. The second kappa shape index (κ2) is 6.64. The van der Waals surface area contributed by atoms with Crippen LogP contribution in [0.5, 0.6) is 0 Å². The van der Waals surface area contributed by atoms with Crippen molar-refractivity contribution in [3.63, 3.8) is 0 Å². The summed E-state index contributed by atoms with van der Waals surface area (Å²) in [5, 5.41) is 7.32. The number of aryl methyl sites for hydroxylation is 1. The summed E-state index contributed by atoms with van der Waals surface area (Å²) in [7, 11) is -3.60. The minimum absolute atomic E-state index is 0.0146. The largest absolute Gasteiger partial charge is 0.336 e. The number of rotatable bonds is 6. The van der Waals surface area contributed by atoms with E-state index in [2.05, 4.69) is 20.2 Å². The monoisotopic (exact) mass is 412 g/mol. The van der Waals surface area contributed by atoms with Crippen LogP contribution in [0.2, 0.25) is 0 Å². The molecule has 150 valence electrons. The van der Waals surface area contributed by atoms with E-state index in [-0.39, 0.29) is 16.8 Å². The van der Waals surface area contributed by atoms with Crippen LogP contribution in [0, 0.1) is 6.92 Å². The summed E-state index contributed by atoms with van der Waals surface area (Å²) in [5.41, 5.74) is 2.59. The summed E-state index contributed by atoms with van der Waals surface area (Å²) >= 11 is 0. The molecule has 8 nitrogen and oxygen atoms in total. The van der Waals surface area contributed by atoms with Crippen molar-refractivity contribution in [2.24, 2.45) is 0 Å². The van der Waals surface area contributed by atoms with Crippen LogP contribution in [-0.2, 0) is 10.0 Å². The second-order valence-corrected chi connectivity index (χ2v) is 9.41. The van der Waals surface area contributed by atoms with Crippen LogP contribution in [0.3, 0.4) is 0 Å². The minimum atomic E-state index is -3.60. The Morgan fingerprint density at radius 2 is 1.97 bits per heavy atom. The van der Waals surface area contributed by atoms with Crippen LogP contribution >= 0.6 is 0 Å². The lowest BCUT2D eigenvalue weighted by molar-refractivity contribution is 0.102. The maximum absolute atomic E-state index is 13.0. The Kier molecular flexibility index (Phi) is 4.18. The van der Waals surface area contributed by atoms with Gasteiger partial charge in [-0.3, -0.25) is 4.79 Å². The Morgan fingerprint density at radius 3 is 2.69 bits per heavy atom. The maximum atomic E-state index is 13.0. The number of nitrogens with zero attached hydrogens (tertiary/aromatic N) is 2. The van der Waals surface area contributed by atoms with Gasteiger partial charge in [-0.1, -0.05) is 11.2 Å². The van der Waals surface area contributed by atoms with Crippen LogP contribution < -0.4 is 10.0 Å². The number of carbonyl (C=O) groups is 1. The molecule has 0 unspecified atom stereocenters. The summed E-state index contributed by atoms with van der Waals surface area (Å²) in [6.07, 6.45) is 3.80. The highest BCUT2D eigenvalue weighted by Gasteiger charge is 2.29. The van der Waals surface area contributed by atoms with E-state index in [1.807, 2.05) is 0 Å². The van der Waals surface area contributed by atoms with Gasteiger partial charge >= 0.3 is 0 Å². The summed E-state index contributed by atoms with van der Waals surface area (Å²) in [4.78, 5) is 17.7. The summed E-state index contributed by atoms with van der Waals surface area (Å²) in [6, 6.07) is 8.05. The summed E-state index contributed by atoms with van der Waals surface area (Å²) in [5.74, 6) is -0.00590. The number of pyridine rings is 1. The molecule has 2 N–H and O–H groups in total. The van der Waals surface area contributed by atoms with Crippen molar-refractivity contribution in [2.75, 3.05) is 5.32 Å². The number of hydrogen-bond donors (Lipinski definition) is 2. The van der Waals surface area contributed by atoms with Gasteiger partial charge in [0.1, 0.15) is 0 Å². The molecular weight excluding hydrogens is 392 g/mol. The van der Waals surface area contributed by atoms with Crippen molar-refractivity contribution in [1.82, 2.24) is 14.9 Å². The van der Waals surface area contributed by atoms with Crippen LogP contribution in [0.15, 0.2) is 39.8 Å². The SMILES string of the molecule is Cc1noc2nc(C3CC3)cc(C(=O)Nc3cccc(S(=O)(=O)NC4CC4)c3)c12. The van der Waals surface area contributed by atoms with Gasteiger partial charge < -0.3 is 9.84 Å². The number of sulfonamides is 1. The lowest BCUT2D eigenvalue weighted by Crippen LogP contribution is -2.25. The quantitative estimate of drug-likeness (QED) is 0.643. The molecule has 2 saturated carbocycles. The van der Waals surface area contributed by atoms with E-state index in [1.165, 1.54) is 12.1 Å². The Hall–Kier alpha value is -2.78. The Morgan fingerprint density at radius 1 is 1.17 bits per heavy atom. The van der Waals surface area contributed by atoms with Gasteiger partial charge in [-0.15, -0.1) is 0 Å². The van der Waals surface area contributed by atoms with Crippen LogP contribution in [0.4, 0.5) is 5.69 Å². The van der Waals surface area contributed by atoms with E-state index in [1.54, 1.807) is 25.1 Å². The van der Waals surface area contributed by atoms with Crippen LogP contribution in [0.1, 0.15) is 53.3 Å². The average molecular weight is 412 g/mol. The first kappa shape index (κ1) is 18.3. The number of anilines is 1. The van der Waals surface area contributed by atoms with Gasteiger partial charge in [0, 0.05) is 23.3 Å². The molecule has 1 aromatic carbocycles. The Labute approximate surface area is 167 Å². The lowest BCUT2D eigenvalue weighted by Gasteiger charge is -2.10. The standard InChI is InChI=1S/C20H20N4O4S/c1-11-18-16(10-17(12-5-6-12)22-20(18)28-23-11)19(25)21-14-3-2-4-15(9-14)29(26,27)24-13-7-8-13/h2-4,9-10,12-13,24H,5-8H2,1H3,(H,21,25).